The van der Waals surface area contributed by atoms with E-state index in [1.54, 1.807) is 0 Å². The molecule has 0 radical (unpaired) electrons. The molecule has 0 amide bonds. The Hall–Kier alpha value is -1.56. The van der Waals surface area contributed by atoms with Gasteiger partial charge in [0.2, 0.25) is 0 Å². The monoisotopic (exact) mass is 545 g/mol. The van der Waals surface area contributed by atoms with Gasteiger partial charge in [-0.05, 0) is 5.56 Å². The number of hydrogen-bond acceptors (Lipinski definition) is 3. The van der Waals surface area contributed by atoms with Gasteiger partial charge in [-0.15, -0.1) is 0 Å². The third kappa shape index (κ3) is 10.5. The summed E-state index contributed by atoms with van der Waals surface area (Å²) in [6.45, 7) is 6.24. The van der Waals surface area contributed by atoms with Crippen LogP contribution in [0.3, 0.4) is 0 Å². The second-order valence-electron chi connectivity index (χ2n) is 7.15. The average Bonchev–Trinajstić information content (AvgIpc) is 2.73. The maximum absolute atomic E-state index is 11.5. The Bertz CT molecular complexity index is 966. The van der Waals surface area contributed by atoms with Gasteiger partial charge in [0.1, 0.15) is 0 Å². The molecule has 0 aliphatic heterocycles. The first-order valence-corrected chi connectivity index (χ1v) is 13.6. The molecule has 3 aromatic rings. The topological polar surface area (TPSA) is 74.3 Å². The zero-order valence-corrected chi connectivity index (χ0v) is 21.4. The molecule has 3 aromatic carbocycles. The summed E-state index contributed by atoms with van der Waals surface area (Å²) in [5, 5.41) is 0. The van der Waals surface area contributed by atoms with E-state index in [1.807, 2.05) is 78.0 Å². The van der Waals surface area contributed by atoms with E-state index in [4.69, 9.17) is 5.73 Å². The van der Waals surface area contributed by atoms with E-state index in [1.165, 1.54) is 16.7 Å². The van der Waals surface area contributed by atoms with Crippen molar-refractivity contribution in [3.8, 4) is 0 Å². The van der Waals surface area contributed by atoms with Gasteiger partial charge in [0, 0.05) is 12.3 Å². The predicted octanol–water partition coefficient (Wildman–Crippen LogP) is 5.86. The van der Waals surface area contributed by atoms with Crippen LogP contribution in [0.15, 0.2) is 72.8 Å². The van der Waals surface area contributed by atoms with Crippen LogP contribution in [0.1, 0.15) is 39.9 Å². The Balaban J connectivity index is 0.000000365. The number of aryl methyl sites for hydroxylation is 3. The number of sulfonamides is 1. The van der Waals surface area contributed by atoms with Gasteiger partial charge in [-0.2, -0.15) is 34.9 Å². The second kappa shape index (κ2) is 13.8. The first-order chi connectivity index (χ1) is 14.7. The Morgan fingerprint density at radius 3 is 1.68 bits per heavy atom. The molecule has 4 nitrogen and oxygen atoms in total. The minimum absolute atomic E-state index is 0.506. The van der Waals surface area contributed by atoms with Crippen LogP contribution in [-0.2, 0) is 27.3 Å². The van der Waals surface area contributed by atoms with Crippen molar-refractivity contribution in [3.05, 3.63) is 111 Å². The van der Waals surface area contributed by atoms with E-state index < -0.39 is 22.1 Å². The summed E-state index contributed by atoms with van der Waals surface area (Å²) in [7, 11) is 1.09. The molecule has 0 saturated carbocycles. The standard InChI is InChI=1S/C15H17N2O2S.C9H11.ClH.Ru/c1-20(18,19)17-15(13-10-6-3-7-11-13)14(16)12-8-4-2-5-9-12;1-7-4-8(2)6-9(3)5-7;;/h2-11,14-15H,16H2,1H3;4-5H,1-3H3;1H;/q2*-1;;+3/p-1. The molecule has 0 aliphatic rings. The number of halogens is 1. The summed E-state index contributed by atoms with van der Waals surface area (Å²) in [5.41, 5.74) is 11.6. The van der Waals surface area contributed by atoms with Gasteiger partial charge in [0.25, 0.3) is 0 Å². The van der Waals surface area contributed by atoms with Crippen molar-refractivity contribution >= 4 is 19.7 Å². The van der Waals surface area contributed by atoms with Crippen LogP contribution in [0.25, 0.3) is 4.72 Å². The van der Waals surface area contributed by atoms with Crippen LogP contribution < -0.4 is 5.73 Å². The van der Waals surface area contributed by atoms with Gasteiger partial charge < -0.3 is 10.5 Å². The van der Waals surface area contributed by atoms with Crippen molar-refractivity contribution in [2.75, 3.05) is 6.26 Å². The van der Waals surface area contributed by atoms with E-state index in [0.717, 1.165) is 17.4 Å². The van der Waals surface area contributed by atoms with E-state index in [2.05, 4.69) is 53.4 Å². The molecule has 2 atom stereocenters. The van der Waals surface area contributed by atoms with Crippen LogP contribution in [0.4, 0.5) is 0 Å². The van der Waals surface area contributed by atoms with Crippen molar-refractivity contribution in [2.24, 2.45) is 5.73 Å². The normalized spacial score (nSPS) is 12.5. The molecule has 2 unspecified atom stereocenters. The summed E-state index contributed by atoms with van der Waals surface area (Å²) in [5.74, 6) is 0. The summed E-state index contributed by atoms with van der Waals surface area (Å²) in [6.07, 6.45) is 1.08. The molecule has 0 heterocycles. The summed E-state index contributed by atoms with van der Waals surface area (Å²) < 4.78 is 27.0. The third-order valence-electron chi connectivity index (χ3n) is 4.25. The number of nitrogens with zero attached hydrogens (tertiary/aromatic N) is 1. The van der Waals surface area contributed by atoms with E-state index in [-0.39, 0.29) is 0 Å². The molecular formula is C24H28ClN2O2RuS. The van der Waals surface area contributed by atoms with Crippen LogP contribution in [-0.4, -0.2) is 14.7 Å². The molecule has 167 valence electrons. The quantitative estimate of drug-likeness (QED) is 0.323. The molecule has 3 rings (SSSR count). The molecule has 7 heteroatoms. The zero-order valence-electron chi connectivity index (χ0n) is 18.1. The SMILES string of the molecule is CS(=O)(=O)[N-]C(c1ccccc1)C(N)c1ccccc1.Cc1[c-]c(C)cc(C)c1.[Cl][Ru+2]. The molecule has 0 aliphatic carbocycles. The maximum atomic E-state index is 11.5. The third-order valence-corrected chi connectivity index (χ3v) is 4.86. The Morgan fingerprint density at radius 2 is 1.29 bits per heavy atom. The first kappa shape index (κ1) is 27.5. The molecule has 0 fully saturated rings. The molecule has 2 N–H and O–H groups in total. The fourth-order valence-corrected chi connectivity index (χ4v) is 3.82. The number of nitrogens with two attached hydrogens (primary N) is 1. The van der Waals surface area contributed by atoms with Gasteiger partial charge in [-0.1, -0.05) is 93.0 Å². The molecule has 0 bridgehead atoms. The number of rotatable bonds is 5. The van der Waals surface area contributed by atoms with Crippen LogP contribution in [0.5, 0.6) is 0 Å². The number of hydrogen-bond donors (Lipinski definition) is 1. The zero-order chi connectivity index (χ0) is 23.4. The second-order valence-corrected chi connectivity index (χ2v) is 8.83. The Labute approximate surface area is 201 Å². The number of benzene rings is 3. The van der Waals surface area contributed by atoms with Crippen LogP contribution in [0.2, 0.25) is 0 Å². The molecule has 0 aromatic heterocycles. The van der Waals surface area contributed by atoms with Crippen molar-refractivity contribution in [1.29, 1.82) is 0 Å². The van der Waals surface area contributed by atoms with Crippen molar-refractivity contribution in [2.45, 2.75) is 32.9 Å². The van der Waals surface area contributed by atoms with E-state index in [9.17, 15) is 8.42 Å². The van der Waals surface area contributed by atoms with Crippen LogP contribution in [0, 0.1) is 26.8 Å². The van der Waals surface area contributed by atoms with Gasteiger partial charge in [-0.25, -0.2) is 8.42 Å². The van der Waals surface area contributed by atoms with Crippen molar-refractivity contribution < 1.29 is 25.7 Å². The summed E-state index contributed by atoms with van der Waals surface area (Å²) in [4.78, 5) is 0. The average molecular weight is 545 g/mol. The molecule has 0 saturated heterocycles. The first-order valence-electron chi connectivity index (χ1n) is 9.54. The van der Waals surface area contributed by atoms with E-state index in [0.29, 0.717) is 0 Å². The summed E-state index contributed by atoms with van der Waals surface area (Å²) in [6, 6.07) is 25.0. The Kier molecular flexibility index (Phi) is 12.2. The van der Waals surface area contributed by atoms with Gasteiger partial charge >= 0.3 is 27.0 Å². The minimum atomic E-state index is -3.48. The predicted molar refractivity (Wildman–Crippen MR) is 126 cm³/mol. The van der Waals surface area contributed by atoms with Crippen molar-refractivity contribution in [3.63, 3.8) is 0 Å². The van der Waals surface area contributed by atoms with Crippen LogP contribution >= 0.6 is 9.69 Å². The molecule has 0 spiro atoms. The fraction of sp³-hybridized carbons (Fsp3) is 0.250. The fourth-order valence-electron chi connectivity index (χ4n) is 3.16. The van der Waals surface area contributed by atoms with Crippen molar-refractivity contribution in [1.82, 2.24) is 0 Å². The van der Waals surface area contributed by atoms with Gasteiger partial charge in [-0.3, -0.25) is 0 Å². The van der Waals surface area contributed by atoms with E-state index >= 15 is 0 Å². The Morgan fingerprint density at radius 1 is 0.871 bits per heavy atom. The summed E-state index contributed by atoms with van der Waals surface area (Å²) >= 11 is 1.82. The van der Waals surface area contributed by atoms with Gasteiger partial charge in [0.15, 0.2) is 0 Å². The molecule has 31 heavy (non-hydrogen) atoms. The molecular weight excluding hydrogens is 517 g/mol. The van der Waals surface area contributed by atoms with Gasteiger partial charge in [0.05, 0.1) is 10.0 Å².